The minimum Gasteiger partial charge on any atom is -0.393 e. The molecule has 0 aromatic rings. The Labute approximate surface area is 64.1 Å². The number of aliphatic hydroxyl groups is 1. The van der Waals surface area contributed by atoms with Gasteiger partial charge in [0.25, 0.3) is 0 Å². The molecule has 0 amide bonds. The second-order valence-corrected chi connectivity index (χ2v) is 5.16. The highest BCUT2D eigenvalue weighted by Crippen LogP contribution is 2.28. The summed E-state index contributed by atoms with van der Waals surface area (Å²) in [4.78, 5) is 0. The fourth-order valence-electron chi connectivity index (χ4n) is 1.22. The molecule has 1 aliphatic heterocycles. The highest BCUT2D eigenvalue weighted by molar-refractivity contribution is 7.85. The van der Waals surface area contributed by atoms with E-state index in [0.29, 0.717) is 17.9 Å². The predicted molar refractivity (Wildman–Crippen MR) is 42.3 cm³/mol. The van der Waals surface area contributed by atoms with Crippen molar-refractivity contribution in [3.05, 3.63) is 0 Å². The summed E-state index contributed by atoms with van der Waals surface area (Å²) < 4.78 is 11.0. The van der Waals surface area contributed by atoms with Crippen molar-refractivity contribution in [2.75, 3.05) is 11.5 Å². The van der Waals surface area contributed by atoms with Gasteiger partial charge in [-0.05, 0) is 6.42 Å². The largest absolute Gasteiger partial charge is 0.393 e. The van der Waals surface area contributed by atoms with E-state index in [2.05, 4.69) is 0 Å². The Hall–Kier alpha value is 0.110. The van der Waals surface area contributed by atoms with E-state index in [4.69, 9.17) is 0 Å². The van der Waals surface area contributed by atoms with E-state index in [-0.39, 0.29) is 11.5 Å². The van der Waals surface area contributed by atoms with E-state index in [9.17, 15) is 9.32 Å². The van der Waals surface area contributed by atoms with E-state index in [1.165, 1.54) is 0 Å². The normalized spacial score (nSPS) is 39.5. The first-order chi connectivity index (χ1) is 4.52. The number of hydrogen-bond acceptors (Lipinski definition) is 2. The molecule has 0 aromatic carbocycles. The molecule has 1 heterocycles. The third-order valence-electron chi connectivity index (χ3n) is 2.05. The molecule has 0 aromatic heterocycles. The summed E-state index contributed by atoms with van der Waals surface area (Å²) in [6, 6.07) is 0. The van der Waals surface area contributed by atoms with Crippen molar-refractivity contribution >= 4 is 10.8 Å². The topological polar surface area (TPSA) is 37.3 Å². The van der Waals surface area contributed by atoms with Gasteiger partial charge in [-0.3, -0.25) is 4.21 Å². The van der Waals surface area contributed by atoms with Gasteiger partial charge in [-0.15, -0.1) is 0 Å². The number of hydrogen-bond donors (Lipinski definition) is 1. The lowest BCUT2D eigenvalue weighted by Gasteiger charge is -2.34. The predicted octanol–water partition coefficient (Wildman–Crippen LogP) is 0.526. The van der Waals surface area contributed by atoms with Crippen molar-refractivity contribution in [3.8, 4) is 0 Å². The van der Waals surface area contributed by atoms with Gasteiger partial charge in [0.15, 0.2) is 0 Å². The van der Waals surface area contributed by atoms with Crippen molar-refractivity contribution in [2.24, 2.45) is 5.41 Å². The molecule has 0 aliphatic carbocycles. The fourth-order valence-corrected chi connectivity index (χ4v) is 2.87. The van der Waals surface area contributed by atoms with E-state index < -0.39 is 10.8 Å². The third-order valence-corrected chi connectivity index (χ3v) is 3.81. The van der Waals surface area contributed by atoms with Crippen LogP contribution in [0.3, 0.4) is 0 Å². The first-order valence-electron chi connectivity index (χ1n) is 3.55. The summed E-state index contributed by atoms with van der Waals surface area (Å²) in [5.41, 5.74) is -0.136. The molecule has 10 heavy (non-hydrogen) atoms. The molecule has 3 heteroatoms. The third kappa shape index (κ3) is 1.58. The Balaban J connectivity index is 2.63. The van der Waals surface area contributed by atoms with Gasteiger partial charge >= 0.3 is 0 Å². The van der Waals surface area contributed by atoms with Crippen molar-refractivity contribution in [2.45, 2.75) is 26.4 Å². The first kappa shape index (κ1) is 8.21. The van der Waals surface area contributed by atoms with Gasteiger partial charge in [0.2, 0.25) is 0 Å². The first-order valence-corrected chi connectivity index (χ1v) is 5.04. The SMILES string of the molecule is CC1(C)C[S@](=O)CC[C@@H]1O. The molecule has 0 radical (unpaired) electrons. The highest BCUT2D eigenvalue weighted by atomic mass is 32.2. The maximum atomic E-state index is 11.0. The average Bonchev–Trinajstić information content (AvgIpc) is 1.78. The van der Waals surface area contributed by atoms with Crippen LogP contribution in [0.5, 0.6) is 0 Å². The molecule has 60 valence electrons. The summed E-state index contributed by atoms with van der Waals surface area (Å²) >= 11 is 0. The van der Waals surface area contributed by atoms with Crippen LogP contribution >= 0.6 is 0 Å². The zero-order chi connectivity index (χ0) is 7.78. The Kier molecular flexibility index (Phi) is 2.15. The highest BCUT2D eigenvalue weighted by Gasteiger charge is 2.33. The van der Waals surface area contributed by atoms with Crippen molar-refractivity contribution in [3.63, 3.8) is 0 Å². The quantitative estimate of drug-likeness (QED) is 0.564. The molecular weight excluding hydrogens is 148 g/mol. The minimum absolute atomic E-state index is 0.136. The van der Waals surface area contributed by atoms with Crippen LogP contribution in [0.2, 0.25) is 0 Å². The molecule has 1 fully saturated rings. The summed E-state index contributed by atoms with van der Waals surface area (Å²) in [7, 11) is -0.690. The molecule has 0 saturated carbocycles. The van der Waals surface area contributed by atoms with Crippen LogP contribution in [-0.2, 0) is 10.8 Å². The van der Waals surface area contributed by atoms with Gasteiger partial charge < -0.3 is 5.11 Å². The van der Waals surface area contributed by atoms with Crippen LogP contribution in [0.25, 0.3) is 0 Å². The Morgan fingerprint density at radius 1 is 1.60 bits per heavy atom. The van der Waals surface area contributed by atoms with E-state index in [1.807, 2.05) is 13.8 Å². The van der Waals surface area contributed by atoms with Gasteiger partial charge in [-0.1, -0.05) is 13.8 Å². The summed E-state index contributed by atoms with van der Waals surface area (Å²) in [6.45, 7) is 3.93. The second kappa shape index (κ2) is 2.62. The fraction of sp³-hybridized carbons (Fsp3) is 1.00. The number of rotatable bonds is 0. The van der Waals surface area contributed by atoms with Gasteiger partial charge in [-0.25, -0.2) is 0 Å². The summed E-state index contributed by atoms with van der Waals surface area (Å²) in [5.74, 6) is 1.32. The van der Waals surface area contributed by atoms with Crippen LogP contribution in [0.4, 0.5) is 0 Å². The van der Waals surface area contributed by atoms with Crippen molar-refractivity contribution in [1.82, 2.24) is 0 Å². The van der Waals surface area contributed by atoms with Gasteiger partial charge in [-0.2, -0.15) is 0 Å². The van der Waals surface area contributed by atoms with E-state index in [1.54, 1.807) is 0 Å². The zero-order valence-corrected chi connectivity index (χ0v) is 7.28. The molecule has 0 bridgehead atoms. The monoisotopic (exact) mass is 162 g/mol. The van der Waals surface area contributed by atoms with Crippen LogP contribution in [-0.4, -0.2) is 26.9 Å². The van der Waals surface area contributed by atoms with Gasteiger partial charge in [0.1, 0.15) is 0 Å². The Bertz CT molecular complexity index is 154. The lowest BCUT2D eigenvalue weighted by molar-refractivity contribution is 0.0587. The molecule has 1 rings (SSSR count). The maximum Gasteiger partial charge on any atom is 0.0608 e. The Morgan fingerprint density at radius 3 is 2.60 bits per heavy atom. The summed E-state index contributed by atoms with van der Waals surface area (Å²) in [6.07, 6.45) is 0.435. The smallest absolute Gasteiger partial charge is 0.0608 e. The van der Waals surface area contributed by atoms with Crippen LogP contribution in [0, 0.1) is 5.41 Å². The van der Waals surface area contributed by atoms with Gasteiger partial charge in [0, 0.05) is 27.7 Å². The van der Waals surface area contributed by atoms with Crippen LogP contribution in [0.15, 0.2) is 0 Å². The average molecular weight is 162 g/mol. The molecule has 0 spiro atoms. The number of aliphatic hydroxyl groups excluding tert-OH is 1. The molecule has 2 atom stereocenters. The minimum atomic E-state index is -0.690. The molecule has 1 saturated heterocycles. The van der Waals surface area contributed by atoms with Crippen molar-refractivity contribution < 1.29 is 9.32 Å². The zero-order valence-electron chi connectivity index (χ0n) is 6.46. The lowest BCUT2D eigenvalue weighted by atomic mass is 9.87. The molecule has 0 unspecified atom stereocenters. The van der Waals surface area contributed by atoms with Crippen molar-refractivity contribution in [1.29, 1.82) is 0 Å². The van der Waals surface area contributed by atoms with E-state index >= 15 is 0 Å². The standard InChI is InChI=1S/C7H14O2S/c1-7(2)5-10(9)4-3-6(7)8/h6,8H,3-5H2,1-2H3/t6-,10+/m0/s1. The van der Waals surface area contributed by atoms with E-state index in [0.717, 1.165) is 0 Å². The maximum absolute atomic E-state index is 11.0. The Morgan fingerprint density at radius 2 is 2.20 bits per heavy atom. The molecular formula is C7H14O2S. The van der Waals surface area contributed by atoms with Crippen LogP contribution in [0.1, 0.15) is 20.3 Å². The van der Waals surface area contributed by atoms with Gasteiger partial charge in [0.05, 0.1) is 6.10 Å². The molecule has 1 aliphatic rings. The molecule has 2 nitrogen and oxygen atoms in total. The summed E-state index contributed by atoms with van der Waals surface area (Å²) in [5, 5.41) is 9.42. The molecule has 1 N–H and O–H groups in total. The lowest BCUT2D eigenvalue weighted by Crippen LogP contribution is -2.40. The second-order valence-electron chi connectivity index (χ2n) is 3.58. The van der Waals surface area contributed by atoms with Crippen LogP contribution < -0.4 is 0 Å².